The SMILES string of the molecule is CCOCC(C)OCc1ccc(F)c(Br)c1. The van der Waals surface area contributed by atoms with Crippen molar-refractivity contribution in [3.8, 4) is 0 Å². The van der Waals surface area contributed by atoms with Crippen molar-refractivity contribution in [2.75, 3.05) is 13.2 Å². The Morgan fingerprint density at radius 1 is 1.44 bits per heavy atom. The van der Waals surface area contributed by atoms with Gasteiger partial charge in [0.15, 0.2) is 0 Å². The summed E-state index contributed by atoms with van der Waals surface area (Å²) in [6.45, 7) is 5.64. The lowest BCUT2D eigenvalue weighted by Crippen LogP contribution is -2.15. The van der Waals surface area contributed by atoms with Crippen molar-refractivity contribution in [3.63, 3.8) is 0 Å². The fourth-order valence-electron chi connectivity index (χ4n) is 1.20. The first-order valence-electron chi connectivity index (χ1n) is 5.26. The van der Waals surface area contributed by atoms with Crippen molar-refractivity contribution in [1.82, 2.24) is 0 Å². The molecule has 16 heavy (non-hydrogen) atoms. The molecule has 0 aromatic heterocycles. The second-order valence-electron chi connectivity index (χ2n) is 3.53. The van der Waals surface area contributed by atoms with Crippen LogP contribution in [0.4, 0.5) is 4.39 Å². The molecule has 0 fully saturated rings. The van der Waals surface area contributed by atoms with Gasteiger partial charge in [-0.15, -0.1) is 0 Å². The summed E-state index contributed by atoms with van der Waals surface area (Å²) < 4.78 is 24.2. The largest absolute Gasteiger partial charge is 0.379 e. The molecule has 0 aliphatic rings. The Morgan fingerprint density at radius 3 is 2.81 bits per heavy atom. The van der Waals surface area contributed by atoms with Gasteiger partial charge in [0.25, 0.3) is 0 Å². The minimum absolute atomic E-state index is 0.0452. The lowest BCUT2D eigenvalue weighted by atomic mass is 10.2. The summed E-state index contributed by atoms with van der Waals surface area (Å²) in [5.74, 6) is -0.258. The van der Waals surface area contributed by atoms with E-state index in [0.29, 0.717) is 24.3 Å². The van der Waals surface area contributed by atoms with E-state index in [1.807, 2.05) is 13.8 Å². The minimum atomic E-state index is -0.258. The average Bonchev–Trinajstić information content (AvgIpc) is 2.28. The van der Waals surface area contributed by atoms with Crippen molar-refractivity contribution in [2.24, 2.45) is 0 Å². The van der Waals surface area contributed by atoms with E-state index in [1.165, 1.54) is 6.07 Å². The lowest BCUT2D eigenvalue weighted by molar-refractivity contribution is -0.0117. The molecule has 1 unspecified atom stereocenters. The summed E-state index contributed by atoms with van der Waals surface area (Å²) in [4.78, 5) is 0. The van der Waals surface area contributed by atoms with E-state index in [0.717, 1.165) is 5.56 Å². The van der Waals surface area contributed by atoms with Crippen LogP contribution in [0, 0.1) is 5.82 Å². The highest BCUT2D eigenvalue weighted by molar-refractivity contribution is 9.10. The molecular formula is C12H16BrFO2. The maximum Gasteiger partial charge on any atom is 0.137 e. The Balaban J connectivity index is 2.39. The molecule has 1 atom stereocenters. The van der Waals surface area contributed by atoms with E-state index in [2.05, 4.69) is 15.9 Å². The third kappa shape index (κ3) is 4.60. The maximum atomic E-state index is 13.0. The molecule has 0 amide bonds. The number of halogens is 2. The topological polar surface area (TPSA) is 18.5 Å². The number of ether oxygens (including phenoxy) is 2. The van der Waals surface area contributed by atoms with Crippen molar-refractivity contribution >= 4 is 15.9 Å². The Kier molecular flexibility index (Phi) is 5.95. The summed E-state index contributed by atoms with van der Waals surface area (Å²) in [6, 6.07) is 4.87. The predicted molar refractivity (Wildman–Crippen MR) is 64.8 cm³/mol. The van der Waals surface area contributed by atoms with Crippen LogP contribution >= 0.6 is 15.9 Å². The Hall–Kier alpha value is -0.450. The highest BCUT2D eigenvalue weighted by atomic mass is 79.9. The normalized spacial score (nSPS) is 12.8. The molecule has 0 saturated carbocycles. The molecule has 0 N–H and O–H groups in total. The first kappa shape index (κ1) is 13.6. The van der Waals surface area contributed by atoms with Crippen LogP contribution in [0.5, 0.6) is 0 Å². The van der Waals surface area contributed by atoms with Gasteiger partial charge >= 0.3 is 0 Å². The summed E-state index contributed by atoms with van der Waals surface area (Å²) in [6.07, 6.45) is 0.0452. The second-order valence-corrected chi connectivity index (χ2v) is 4.38. The molecule has 0 saturated heterocycles. The Bertz CT molecular complexity index is 331. The lowest BCUT2D eigenvalue weighted by Gasteiger charge is -2.13. The summed E-state index contributed by atoms with van der Waals surface area (Å²) >= 11 is 3.14. The fourth-order valence-corrected chi connectivity index (χ4v) is 1.63. The zero-order valence-corrected chi connectivity index (χ0v) is 11.1. The van der Waals surface area contributed by atoms with Crippen molar-refractivity contribution in [2.45, 2.75) is 26.6 Å². The van der Waals surface area contributed by atoms with Gasteiger partial charge in [-0.25, -0.2) is 4.39 Å². The van der Waals surface area contributed by atoms with Crippen molar-refractivity contribution in [1.29, 1.82) is 0 Å². The summed E-state index contributed by atoms with van der Waals surface area (Å²) in [5.41, 5.74) is 0.941. The monoisotopic (exact) mass is 290 g/mol. The molecule has 0 spiro atoms. The molecular weight excluding hydrogens is 275 g/mol. The van der Waals surface area contributed by atoms with Gasteiger partial charge in [-0.3, -0.25) is 0 Å². The van der Waals surface area contributed by atoms with Crippen LogP contribution in [0.1, 0.15) is 19.4 Å². The van der Waals surface area contributed by atoms with Gasteiger partial charge in [0.05, 0.1) is 23.8 Å². The second kappa shape index (κ2) is 6.99. The van der Waals surface area contributed by atoms with Crippen LogP contribution in [0.2, 0.25) is 0 Å². The van der Waals surface area contributed by atoms with E-state index < -0.39 is 0 Å². The average molecular weight is 291 g/mol. The fraction of sp³-hybridized carbons (Fsp3) is 0.500. The number of hydrogen-bond donors (Lipinski definition) is 0. The van der Waals surface area contributed by atoms with E-state index in [1.54, 1.807) is 12.1 Å². The molecule has 1 aromatic rings. The van der Waals surface area contributed by atoms with Gasteiger partial charge in [0, 0.05) is 6.61 Å². The molecule has 90 valence electrons. The number of hydrogen-bond acceptors (Lipinski definition) is 2. The van der Waals surface area contributed by atoms with Crippen LogP contribution < -0.4 is 0 Å². The quantitative estimate of drug-likeness (QED) is 0.798. The molecule has 0 heterocycles. The minimum Gasteiger partial charge on any atom is -0.379 e. The van der Waals surface area contributed by atoms with E-state index in [9.17, 15) is 4.39 Å². The zero-order chi connectivity index (χ0) is 12.0. The number of rotatable bonds is 6. The Morgan fingerprint density at radius 2 is 2.19 bits per heavy atom. The van der Waals surface area contributed by atoms with Crippen LogP contribution in [0.25, 0.3) is 0 Å². The van der Waals surface area contributed by atoms with Crippen LogP contribution in [0.15, 0.2) is 22.7 Å². The maximum absolute atomic E-state index is 13.0. The summed E-state index contributed by atoms with van der Waals surface area (Å²) in [7, 11) is 0. The molecule has 4 heteroatoms. The molecule has 2 nitrogen and oxygen atoms in total. The van der Waals surface area contributed by atoms with Gasteiger partial charge in [0.1, 0.15) is 5.82 Å². The highest BCUT2D eigenvalue weighted by Crippen LogP contribution is 2.17. The van der Waals surface area contributed by atoms with E-state index in [-0.39, 0.29) is 11.9 Å². The first-order valence-corrected chi connectivity index (χ1v) is 6.06. The van der Waals surface area contributed by atoms with Gasteiger partial charge in [-0.2, -0.15) is 0 Å². The standard InChI is InChI=1S/C12H16BrFO2/c1-3-15-7-9(2)16-8-10-4-5-12(14)11(13)6-10/h4-6,9H,3,7-8H2,1-2H3. The summed E-state index contributed by atoms with van der Waals surface area (Å²) in [5, 5.41) is 0. The highest BCUT2D eigenvalue weighted by Gasteiger charge is 2.04. The molecule has 1 rings (SSSR count). The Labute approximate surface area is 104 Å². The first-order chi connectivity index (χ1) is 7.63. The van der Waals surface area contributed by atoms with Crippen molar-refractivity contribution in [3.05, 3.63) is 34.1 Å². The zero-order valence-electron chi connectivity index (χ0n) is 9.50. The van der Waals surface area contributed by atoms with Gasteiger partial charge in [0.2, 0.25) is 0 Å². The molecule has 0 bridgehead atoms. The molecule has 1 aromatic carbocycles. The predicted octanol–water partition coefficient (Wildman–Crippen LogP) is 3.53. The molecule has 0 aliphatic heterocycles. The molecule has 0 radical (unpaired) electrons. The number of benzene rings is 1. The van der Waals surface area contributed by atoms with Crippen LogP contribution in [0.3, 0.4) is 0 Å². The molecule has 0 aliphatic carbocycles. The van der Waals surface area contributed by atoms with Gasteiger partial charge in [-0.05, 0) is 47.5 Å². The van der Waals surface area contributed by atoms with Gasteiger partial charge in [-0.1, -0.05) is 6.07 Å². The van der Waals surface area contributed by atoms with E-state index in [4.69, 9.17) is 9.47 Å². The van der Waals surface area contributed by atoms with Crippen LogP contribution in [-0.2, 0) is 16.1 Å². The smallest absolute Gasteiger partial charge is 0.137 e. The third-order valence-corrected chi connectivity index (χ3v) is 2.68. The van der Waals surface area contributed by atoms with Gasteiger partial charge < -0.3 is 9.47 Å². The van der Waals surface area contributed by atoms with Crippen LogP contribution in [-0.4, -0.2) is 19.3 Å². The third-order valence-electron chi connectivity index (χ3n) is 2.08. The van der Waals surface area contributed by atoms with E-state index >= 15 is 0 Å². The van der Waals surface area contributed by atoms with Crippen molar-refractivity contribution < 1.29 is 13.9 Å².